The third-order valence-electron chi connectivity index (χ3n) is 4.30. The van der Waals surface area contributed by atoms with Gasteiger partial charge in [-0.15, -0.1) is 6.42 Å². The van der Waals surface area contributed by atoms with Gasteiger partial charge in [0, 0.05) is 11.1 Å². The molecule has 0 bridgehead atoms. The predicted octanol–water partition coefficient (Wildman–Crippen LogP) is 5.36. The summed E-state index contributed by atoms with van der Waals surface area (Å²) in [7, 11) is 3.96. The van der Waals surface area contributed by atoms with Gasteiger partial charge < -0.3 is 4.74 Å². The fourth-order valence-electron chi connectivity index (χ4n) is 2.84. The Kier molecular flexibility index (Phi) is 5.50. The van der Waals surface area contributed by atoms with Gasteiger partial charge in [0.15, 0.2) is 5.84 Å². The first-order valence-corrected chi connectivity index (χ1v) is 8.87. The maximum atomic E-state index is 8.05. The van der Waals surface area contributed by atoms with Crippen molar-refractivity contribution in [2.75, 3.05) is 7.11 Å². The number of amidine groups is 1. The Bertz CT molecular complexity index is 1110. The van der Waals surface area contributed by atoms with Crippen LogP contribution in [-0.4, -0.2) is 18.4 Å². The lowest BCUT2D eigenvalue weighted by molar-refractivity contribution is 0.371. The summed E-state index contributed by atoms with van der Waals surface area (Å²) >= 11 is 0. The lowest BCUT2D eigenvalue weighted by Crippen LogP contribution is -1.97. The summed E-state index contributed by atoms with van der Waals surface area (Å²) in [6.07, 6.45) is 5.28. The van der Waals surface area contributed by atoms with Gasteiger partial charge in [-0.2, -0.15) is 0 Å². The molecular weight excluding hydrogens is 351 g/mol. The minimum atomic E-state index is 0.140. The minimum Gasteiger partial charge on any atom is -0.497 e. The Labute approximate surface area is 161 Å². The standard InChI is InChI=1S/C23H19N2OP/c1-4-22(27)25-23(24)18-11-8-17(9-12-18)20-7-5-6-16-10-13-19(14-21(16)20)15(2)26-3/h1,5-14,24H,2,27H2,3H3. The molecule has 0 heterocycles. The third kappa shape index (κ3) is 3.97. The van der Waals surface area contributed by atoms with Crippen LogP contribution < -0.4 is 0 Å². The zero-order chi connectivity index (χ0) is 19.4. The van der Waals surface area contributed by atoms with Crippen molar-refractivity contribution in [3.8, 4) is 23.5 Å². The third-order valence-corrected chi connectivity index (χ3v) is 4.60. The molecule has 4 heteroatoms. The number of ether oxygens (including phenoxy) is 1. The first-order valence-electron chi connectivity index (χ1n) is 8.29. The van der Waals surface area contributed by atoms with E-state index >= 15 is 0 Å². The number of hydrogen-bond donors (Lipinski definition) is 1. The van der Waals surface area contributed by atoms with Crippen LogP contribution in [0.25, 0.3) is 27.7 Å². The van der Waals surface area contributed by atoms with Crippen LogP contribution >= 0.6 is 9.24 Å². The van der Waals surface area contributed by atoms with Crippen molar-refractivity contribution in [1.29, 1.82) is 5.41 Å². The molecule has 0 saturated carbocycles. The molecule has 3 aromatic carbocycles. The molecule has 0 saturated heterocycles. The van der Waals surface area contributed by atoms with Crippen molar-refractivity contribution in [1.82, 2.24) is 0 Å². The Morgan fingerprint density at radius 2 is 1.81 bits per heavy atom. The number of aliphatic imine (C=N–C) groups is 1. The summed E-state index contributed by atoms with van der Waals surface area (Å²) in [5, 5.41) is 10.3. The number of methoxy groups -OCH3 is 1. The molecule has 0 radical (unpaired) electrons. The van der Waals surface area contributed by atoms with Crippen LogP contribution in [-0.2, 0) is 4.74 Å². The molecule has 0 spiro atoms. The minimum absolute atomic E-state index is 0.140. The summed E-state index contributed by atoms with van der Waals surface area (Å²) < 4.78 is 5.27. The molecule has 1 atom stereocenters. The summed E-state index contributed by atoms with van der Waals surface area (Å²) in [6, 6.07) is 20.1. The Morgan fingerprint density at radius 1 is 1.11 bits per heavy atom. The van der Waals surface area contributed by atoms with E-state index in [4.69, 9.17) is 16.6 Å². The van der Waals surface area contributed by atoms with E-state index in [2.05, 4.69) is 51.0 Å². The van der Waals surface area contributed by atoms with E-state index in [1.165, 1.54) is 0 Å². The number of fused-ring (bicyclic) bond motifs is 1. The first-order chi connectivity index (χ1) is 13.0. The largest absolute Gasteiger partial charge is 0.497 e. The van der Waals surface area contributed by atoms with E-state index in [0.717, 1.165) is 27.5 Å². The smallest absolute Gasteiger partial charge is 0.153 e. The molecule has 1 N–H and O–H groups in total. The Hall–Kier alpha value is -3.21. The van der Waals surface area contributed by atoms with E-state index in [-0.39, 0.29) is 5.84 Å². The van der Waals surface area contributed by atoms with Crippen LogP contribution in [0.15, 0.2) is 72.2 Å². The highest BCUT2D eigenvalue weighted by atomic mass is 31.0. The number of benzene rings is 3. The maximum absolute atomic E-state index is 8.05. The molecule has 3 rings (SSSR count). The normalized spacial score (nSPS) is 11.1. The van der Waals surface area contributed by atoms with E-state index in [9.17, 15) is 0 Å². The average Bonchev–Trinajstić information content (AvgIpc) is 2.72. The maximum Gasteiger partial charge on any atom is 0.153 e. The quantitative estimate of drug-likeness (QED) is 0.217. The van der Waals surface area contributed by atoms with Crippen molar-refractivity contribution in [2.45, 2.75) is 0 Å². The van der Waals surface area contributed by atoms with Crippen LogP contribution in [0.3, 0.4) is 0 Å². The zero-order valence-electron chi connectivity index (χ0n) is 15.0. The fraction of sp³-hybridized carbons (Fsp3) is 0.0435. The molecule has 0 amide bonds. The van der Waals surface area contributed by atoms with Crippen molar-refractivity contribution >= 4 is 37.1 Å². The average molecular weight is 370 g/mol. The second-order valence-electron chi connectivity index (χ2n) is 5.94. The second kappa shape index (κ2) is 7.99. The molecule has 0 fully saturated rings. The van der Waals surface area contributed by atoms with Crippen LogP contribution in [0.1, 0.15) is 11.1 Å². The van der Waals surface area contributed by atoms with Crippen LogP contribution in [0.5, 0.6) is 0 Å². The molecule has 0 aliphatic carbocycles. The van der Waals surface area contributed by atoms with Crippen molar-refractivity contribution in [3.05, 3.63) is 78.4 Å². The molecule has 0 aromatic heterocycles. The van der Waals surface area contributed by atoms with Gasteiger partial charge in [-0.25, -0.2) is 4.99 Å². The lowest BCUT2D eigenvalue weighted by atomic mass is 9.96. The van der Waals surface area contributed by atoms with Gasteiger partial charge in [0.25, 0.3) is 0 Å². The molecule has 0 aliphatic rings. The van der Waals surface area contributed by atoms with E-state index in [1.54, 1.807) is 7.11 Å². The predicted molar refractivity (Wildman–Crippen MR) is 118 cm³/mol. The summed E-state index contributed by atoms with van der Waals surface area (Å²) in [6.45, 7) is 3.94. The number of terminal acetylenes is 1. The van der Waals surface area contributed by atoms with Gasteiger partial charge in [-0.05, 0) is 28.0 Å². The van der Waals surface area contributed by atoms with Crippen LogP contribution in [0.2, 0.25) is 0 Å². The monoisotopic (exact) mass is 370 g/mol. The first kappa shape index (κ1) is 18.6. The Balaban J connectivity index is 2.04. The van der Waals surface area contributed by atoms with Gasteiger partial charge in [0.05, 0.1) is 7.11 Å². The molecule has 3 nitrogen and oxygen atoms in total. The highest BCUT2D eigenvalue weighted by Gasteiger charge is 2.08. The number of nitrogens with zero attached hydrogens (tertiary/aromatic N) is 1. The van der Waals surface area contributed by atoms with Crippen molar-refractivity contribution < 1.29 is 4.74 Å². The molecule has 0 aliphatic heterocycles. The topological polar surface area (TPSA) is 45.4 Å². The summed E-state index contributed by atoms with van der Waals surface area (Å²) in [5.41, 5.74) is 4.23. The van der Waals surface area contributed by atoms with Gasteiger partial charge in [-0.3, -0.25) is 5.41 Å². The number of rotatable bonds is 4. The van der Waals surface area contributed by atoms with Crippen LogP contribution in [0.4, 0.5) is 0 Å². The molecular formula is C23H19N2OP. The molecule has 132 valence electrons. The second-order valence-corrected chi connectivity index (χ2v) is 6.48. The molecule has 27 heavy (non-hydrogen) atoms. The van der Waals surface area contributed by atoms with Crippen molar-refractivity contribution in [2.24, 2.45) is 4.99 Å². The summed E-state index contributed by atoms with van der Waals surface area (Å²) in [5.74, 6) is 3.17. The van der Waals surface area contributed by atoms with Gasteiger partial charge >= 0.3 is 0 Å². The van der Waals surface area contributed by atoms with E-state index in [1.807, 2.05) is 36.4 Å². The SMILES string of the molecule is C#CC(P)=NC(=N)c1ccc(-c2cccc3ccc(C(=C)OC)cc23)cc1. The zero-order valence-corrected chi connectivity index (χ0v) is 16.1. The highest BCUT2D eigenvalue weighted by molar-refractivity contribution is 7.42. The van der Waals surface area contributed by atoms with Crippen LogP contribution in [0, 0.1) is 17.8 Å². The van der Waals surface area contributed by atoms with Gasteiger partial charge in [-0.1, -0.05) is 76.3 Å². The van der Waals surface area contributed by atoms with Gasteiger partial charge in [0.1, 0.15) is 11.2 Å². The molecule has 1 unspecified atom stereocenters. The van der Waals surface area contributed by atoms with E-state index < -0.39 is 0 Å². The number of hydrogen-bond acceptors (Lipinski definition) is 2. The van der Waals surface area contributed by atoms with Gasteiger partial charge in [0.2, 0.25) is 0 Å². The highest BCUT2D eigenvalue weighted by Crippen LogP contribution is 2.31. The fourth-order valence-corrected chi connectivity index (χ4v) is 2.97. The summed E-state index contributed by atoms with van der Waals surface area (Å²) in [4.78, 5) is 4.06. The Morgan fingerprint density at radius 3 is 2.48 bits per heavy atom. The van der Waals surface area contributed by atoms with E-state index in [0.29, 0.717) is 16.8 Å². The van der Waals surface area contributed by atoms with Crippen molar-refractivity contribution in [3.63, 3.8) is 0 Å². The molecule has 3 aromatic rings. The number of nitrogens with one attached hydrogen (secondary N) is 1. The lowest BCUT2D eigenvalue weighted by Gasteiger charge is -2.11.